The fourth-order valence-electron chi connectivity index (χ4n) is 0.270. The number of rotatable bonds is 2. The Morgan fingerprint density at radius 1 is 1.75 bits per heavy atom. The van der Waals surface area contributed by atoms with E-state index in [1.54, 1.807) is 6.92 Å². The van der Waals surface area contributed by atoms with E-state index in [-0.39, 0.29) is 25.9 Å². The summed E-state index contributed by atoms with van der Waals surface area (Å²) < 4.78 is 0. The molecule has 2 N–H and O–H groups in total. The topological polar surface area (TPSA) is 41.6 Å². The molecule has 0 aliphatic rings. The minimum Gasteiger partial charge on any atom is -0.339 e. The Morgan fingerprint density at radius 3 is 2.12 bits per heavy atom. The number of aliphatic hydroxyl groups excluding tert-OH is 1. The van der Waals surface area contributed by atoms with Crippen molar-refractivity contribution in [3.63, 3.8) is 0 Å². The Bertz CT molecular complexity index is 86.6. The van der Waals surface area contributed by atoms with E-state index in [4.69, 9.17) is 9.90 Å². The summed E-state index contributed by atoms with van der Waals surface area (Å²) in [4.78, 5) is 8.13. The maximum absolute atomic E-state index is 8.13. The fraction of sp³-hybridized carbons (Fsp3) is 0.400. The number of hydrogen-bond donors (Lipinski definition) is 1. The first-order valence-electron chi connectivity index (χ1n) is 2.01. The van der Waals surface area contributed by atoms with E-state index >= 15 is 0 Å². The van der Waals surface area contributed by atoms with Crippen molar-refractivity contribution in [2.75, 3.05) is 0 Å². The van der Waals surface area contributed by atoms with Crippen LogP contribution in [0, 0.1) is 0 Å². The average molecular weight is 167 g/mol. The molecule has 0 aliphatic heterocycles. The van der Waals surface area contributed by atoms with Gasteiger partial charge in [0.15, 0.2) is 0 Å². The third kappa shape index (κ3) is 9.27. The van der Waals surface area contributed by atoms with Gasteiger partial charge in [0.2, 0.25) is 0 Å². The molecule has 2 nitrogen and oxygen atoms in total. The van der Waals surface area contributed by atoms with E-state index in [0.29, 0.717) is 0 Å². The van der Waals surface area contributed by atoms with Gasteiger partial charge in [-0.15, -0.1) is 0 Å². The molecule has 0 radical (unpaired) electrons. The summed E-state index contributed by atoms with van der Waals surface area (Å²) >= 11 is 0. The van der Waals surface area contributed by atoms with Gasteiger partial charge in [0.25, 0.3) is 0 Å². The molecular weight excluding hydrogens is 157 g/mol. The molecule has 0 fully saturated rings. The van der Waals surface area contributed by atoms with Gasteiger partial charge >= 0.3 is 5.97 Å². The summed E-state index contributed by atoms with van der Waals surface area (Å²) in [5, 5.41) is 8.13. The van der Waals surface area contributed by atoms with Crippen LogP contribution in [0.25, 0.3) is 0 Å². The van der Waals surface area contributed by atoms with Crippen molar-refractivity contribution in [3.8, 4) is 0 Å². The standard InChI is InChI=1S/C5H8O2.Zn/c1-4(2)3-5(6)7;/h1,3H2,2H3,(H,6,7);/p+1. The van der Waals surface area contributed by atoms with Crippen LogP contribution in [0.1, 0.15) is 13.3 Å². The van der Waals surface area contributed by atoms with E-state index in [1.165, 1.54) is 0 Å². The molecule has 0 rings (SSSR count). The van der Waals surface area contributed by atoms with Gasteiger partial charge in [-0.25, -0.2) is 0 Å². The summed E-state index contributed by atoms with van der Waals surface area (Å²) in [6, 6.07) is 0. The smallest absolute Gasteiger partial charge is 0.339 e. The van der Waals surface area contributed by atoms with Crippen molar-refractivity contribution in [3.05, 3.63) is 12.2 Å². The van der Waals surface area contributed by atoms with Gasteiger partial charge in [0.05, 0.1) is 0 Å². The Balaban J connectivity index is 0. The molecule has 0 amide bonds. The van der Waals surface area contributed by atoms with Crippen molar-refractivity contribution < 1.29 is 29.4 Å². The summed E-state index contributed by atoms with van der Waals surface area (Å²) in [7, 11) is 0. The van der Waals surface area contributed by atoms with E-state index in [1.807, 2.05) is 0 Å². The van der Waals surface area contributed by atoms with E-state index < -0.39 is 5.97 Å². The maximum atomic E-state index is 8.13. The Labute approximate surface area is 61.3 Å². The molecule has 0 aromatic heterocycles. The molecule has 0 heterocycles. The average Bonchev–Trinajstić information content (AvgIpc) is 1.27. The largest absolute Gasteiger partial charge is 0.484 e. The third-order valence-corrected chi connectivity index (χ3v) is 0.460. The molecule has 0 saturated carbocycles. The minimum absolute atomic E-state index is 0. The van der Waals surface area contributed by atoms with Crippen LogP contribution in [0.15, 0.2) is 12.2 Å². The fourth-order valence-corrected chi connectivity index (χ4v) is 0.270. The number of aliphatic carboxylic acids is 1. The molecule has 3 heteroatoms. The van der Waals surface area contributed by atoms with E-state index in [0.717, 1.165) is 5.57 Å². The van der Waals surface area contributed by atoms with Crippen LogP contribution in [0.2, 0.25) is 0 Å². The number of carboxylic acid groups (broad SMARTS) is 1. The molecular formula is C5H9O2Zn+. The monoisotopic (exact) mass is 165 g/mol. The molecule has 0 aliphatic carbocycles. The first kappa shape index (κ1) is 10.7. The predicted octanol–water partition coefficient (Wildman–Crippen LogP) is 1.01. The van der Waals surface area contributed by atoms with Crippen LogP contribution in [-0.2, 0) is 19.5 Å². The van der Waals surface area contributed by atoms with Gasteiger partial charge in [-0.1, -0.05) is 12.2 Å². The summed E-state index contributed by atoms with van der Waals surface area (Å²) in [5.41, 5.74) is 0.750. The molecule has 0 unspecified atom stereocenters. The van der Waals surface area contributed by atoms with Crippen LogP contribution in [-0.4, -0.2) is 15.9 Å². The Morgan fingerprint density at radius 2 is 2.12 bits per heavy atom. The van der Waals surface area contributed by atoms with Crippen molar-refractivity contribution in [1.29, 1.82) is 0 Å². The zero-order valence-electron chi connectivity index (χ0n) is 5.02. The van der Waals surface area contributed by atoms with Crippen molar-refractivity contribution >= 4 is 5.97 Å². The summed E-state index contributed by atoms with van der Waals surface area (Å²) in [6.07, 6.45) is 0.194. The van der Waals surface area contributed by atoms with Gasteiger partial charge in [0.1, 0.15) is 6.42 Å². The number of hydrogen-bond acceptors (Lipinski definition) is 0. The van der Waals surface area contributed by atoms with Gasteiger partial charge in [-0.2, -0.15) is 0 Å². The Hall–Kier alpha value is -0.167. The zero-order valence-corrected chi connectivity index (χ0v) is 7.98. The predicted molar refractivity (Wildman–Crippen MR) is 29.0 cm³/mol. The maximum Gasteiger partial charge on any atom is 0.484 e. The van der Waals surface area contributed by atoms with Crippen LogP contribution >= 0.6 is 0 Å². The van der Waals surface area contributed by atoms with Gasteiger partial charge < -0.3 is 9.90 Å². The van der Waals surface area contributed by atoms with E-state index in [9.17, 15) is 0 Å². The molecule has 0 atom stereocenters. The first-order chi connectivity index (χ1) is 3.13. The summed E-state index contributed by atoms with van der Waals surface area (Å²) in [6.45, 7) is 5.18. The van der Waals surface area contributed by atoms with Gasteiger partial charge in [-0.3, -0.25) is 0 Å². The third-order valence-electron chi connectivity index (χ3n) is 0.460. The van der Waals surface area contributed by atoms with Crippen LogP contribution < -0.4 is 0 Å². The van der Waals surface area contributed by atoms with Crippen LogP contribution in [0.4, 0.5) is 0 Å². The molecule has 8 heavy (non-hydrogen) atoms. The quantitative estimate of drug-likeness (QED) is 0.371. The Kier molecular flexibility index (Phi) is 6.69. The zero-order chi connectivity index (χ0) is 5.86. The van der Waals surface area contributed by atoms with Crippen molar-refractivity contribution in [1.82, 2.24) is 0 Å². The van der Waals surface area contributed by atoms with Gasteiger partial charge in [0, 0.05) is 19.5 Å². The minimum atomic E-state index is -0.562. The molecule has 42 valence electrons. The second kappa shape index (κ2) is 4.98. The second-order valence-corrected chi connectivity index (χ2v) is 1.55. The van der Waals surface area contributed by atoms with E-state index in [2.05, 4.69) is 6.58 Å². The molecule has 0 saturated heterocycles. The van der Waals surface area contributed by atoms with Crippen molar-refractivity contribution in [2.45, 2.75) is 13.3 Å². The van der Waals surface area contributed by atoms with Crippen molar-refractivity contribution in [2.24, 2.45) is 0 Å². The molecule has 0 spiro atoms. The van der Waals surface area contributed by atoms with Gasteiger partial charge in [-0.05, 0) is 6.92 Å². The van der Waals surface area contributed by atoms with Crippen LogP contribution in [0.3, 0.4) is 0 Å². The molecule has 0 aromatic carbocycles. The van der Waals surface area contributed by atoms with Crippen LogP contribution in [0.5, 0.6) is 0 Å². The SMILES string of the molecule is C=C(C)CC(O)=[OH+].[Zn]. The normalized spacial score (nSPS) is 7.12. The molecule has 0 aromatic rings. The first-order valence-corrected chi connectivity index (χ1v) is 2.01. The second-order valence-electron chi connectivity index (χ2n) is 1.55. The summed E-state index contributed by atoms with van der Waals surface area (Å²) in [5.74, 6) is -0.562. The number of carboxylic acids is 1. The molecule has 0 bridgehead atoms.